The number of nitrogens with zero attached hydrogens (tertiary/aromatic N) is 2. The van der Waals surface area contributed by atoms with Gasteiger partial charge in [-0.25, -0.2) is 4.68 Å². The minimum absolute atomic E-state index is 0.187. The number of amides is 1. The lowest BCUT2D eigenvalue weighted by atomic mass is 9.91. The van der Waals surface area contributed by atoms with Gasteiger partial charge in [0.05, 0.1) is 41.0 Å². The van der Waals surface area contributed by atoms with Crippen molar-refractivity contribution in [1.82, 2.24) is 15.1 Å². The molecule has 0 radical (unpaired) electrons. The largest absolute Gasteiger partial charge is 0.495 e. The Bertz CT molecular complexity index is 1060. The maximum Gasteiger partial charge on any atom is 0.259 e. The van der Waals surface area contributed by atoms with Crippen LogP contribution < -0.4 is 15.4 Å². The first-order valence-corrected chi connectivity index (χ1v) is 10.5. The number of anilines is 1. The maximum atomic E-state index is 13.3. The summed E-state index contributed by atoms with van der Waals surface area (Å²) < 4.78 is 7.15. The number of rotatable bonds is 5. The van der Waals surface area contributed by atoms with Crippen LogP contribution in [-0.2, 0) is 0 Å². The number of ether oxygens (including phenoxy) is 1. The van der Waals surface area contributed by atoms with Crippen LogP contribution in [0.4, 0.5) is 5.69 Å². The van der Waals surface area contributed by atoms with Crippen molar-refractivity contribution >= 4 is 34.8 Å². The highest BCUT2D eigenvalue weighted by atomic mass is 35.5. The lowest BCUT2D eigenvalue weighted by Gasteiger charge is -2.25. The van der Waals surface area contributed by atoms with Gasteiger partial charge in [0.1, 0.15) is 5.75 Å². The van der Waals surface area contributed by atoms with E-state index in [1.165, 1.54) is 0 Å². The number of aromatic nitrogens is 2. The predicted octanol–water partition coefficient (Wildman–Crippen LogP) is 4.91. The van der Waals surface area contributed by atoms with E-state index in [0.717, 1.165) is 37.3 Å². The van der Waals surface area contributed by atoms with Gasteiger partial charge in [-0.3, -0.25) is 4.79 Å². The Morgan fingerprint density at radius 2 is 1.97 bits per heavy atom. The normalized spacial score (nSPS) is 14.5. The fourth-order valence-electron chi connectivity index (χ4n) is 3.80. The third-order valence-electron chi connectivity index (χ3n) is 5.27. The van der Waals surface area contributed by atoms with E-state index in [0.29, 0.717) is 27.0 Å². The lowest BCUT2D eigenvalue weighted by molar-refractivity contribution is 0.102. The fourth-order valence-corrected chi connectivity index (χ4v) is 4.19. The van der Waals surface area contributed by atoms with Crippen LogP contribution in [0.15, 0.2) is 48.7 Å². The summed E-state index contributed by atoms with van der Waals surface area (Å²) in [6.45, 7) is 1.78. The number of hydrogen-bond donors (Lipinski definition) is 2. The molecule has 2 aromatic carbocycles. The van der Waals surface area contributed by atoms with Crippen LogP contribution in [0.5, 0.6) is 5.75 Å². The van der Waals surface area contributed by atoms with Crippen molar-refractivity contribution in [3.63, 3.8) is 0 Å². The molecule has 30 heavy (non-hydrogen) atoms. The van der Waals surface area contributed by atoms with E-state index in [2.05, 4.69) is 15.7 Å². The number of piperidine rings is 1. The van der Waals surface area contributed by atoms with Gasteiger partial charge in [0.15, 0.2) is 0 Å². The number of carbonyl (C=O) groups is 1. The molecule has 0 atom stereocenters. The van der Waals surface area contributed by atoms with Gasteiger partial charge in [0.2, 0.25) is 0 Å². The molecule has 1 aromatic heterocycles. The number of halogens is 2. The Kier molecular flexibility index (Phi) is 6.27. The molecular weight excluding hydrogens is 423 g/mol. The molecule has 0 bridgehead atoms. The zero-order valence-electron chi connectivity index (χ0n) is 16.5. The fraction of sp³-hybridized carbons (Fsp3) is 0.273. The van der Waals surface area contributed by atoms with Gasteiger partial charge >= 0.3 is 0 Å². The highest BCUT2D eigenvalue weighted by molar-refractivity contribution is 6.32. The summed E-state index contributed by atoms with van der Waals surface area (Å²) >= 11 is 12.6. The molecule has 1 fully saturated rings. The smallest absolute Gasteiger partial charge is 0.259 e. The van der Waals surface area contributed by atoms with Crippen LogP contribution in [-0.4, -0.2) is 35.9 Å². The van der Waals surface area contributed by atoms with E-state index < -0.39 is 0 Å². The Morgan fingerprint density at radius 3 is 2.70 bits per heavy atom. The molecule has 2 heterocycles. The number of hydrogen-bond acceptors (Lipinski definition) is 4. The van der Waals surface area contributed by atoms with Crippen molar-refractivity contribution in [1.29, 1.82) is 0 Å². The first-order chi connectivity index (χ1) is 14.6. The van der Waals surface area contributed by atoms with Gasteiger partial charge in [0.25, 0.3) is 5.91 Å². The molecule has 0 saturated carbocycles. The second-order valence-electron chi connectivity index (χ2n) is 7.13. The first kappa shape index (κ1) is 20.7. The van der Waals surface area contributed by atoms with Crippen LogP contribution in [0.2, 0.25) is 10.0 Å². The van der Waals surface area contributed by atoms with E-state index in [1.807, 2.05) is 24.3 Å². The molecule has 6 nitrogen and oxygen atoms in total. The minimum atomic E-state index is -0.262. The quantitative estimate of drug-likeness (QED) is 0.586. The van der Waals surface area contributed by atoms with Crippen LogP contribution in [0.25, 0.3) is 5.69 Å². The molecule has 1 amide bonds. The molecule has 1 aliphatic rings. The molecule has 2 N–H and O–H groups in total. The maximum absolute atomic E-state index is 13.3. The second kappa shape index (κ2) is 9.08. The zero-order valence-corrected chi connectivity index (χ0v) is 18.0. The number of methoxy groups -OCH3 is 1. The van der Waals surface area contributed by atoms with Gasteiger partial charge in [-0.15, -0.1) is 0 Å². The van der Waals surface area contributed by atoms with E-state index in [9.17, 15) is 4.79 Å². The number of carbonyl (C=O) groups excluding carboxylic acids is 1. The second-order valence-corrected chi connectivity index (χ2v) is 7.97. The van der Waals surface area contributed by atoms with Gasteiger partial charge in [0, 0.05) is 10.9 Å². The van der Waals surface area contributed by atoms with Crippen molar-refractivity contribution in [3.05, 3.63) is 70.0 Å². The Labute approximate surface area is 185 Å². The third-order valence-corrected chi connectivity index (χ3v) is 5.82. The summed E-state index contributed by atoms with van der Waals surface area (Å²) in [4.78, 5) is 13.3. The summed E-state index contributed by atoms with van der Waals surface area (Å²) in [5.41, 5.74) is 2.65. The van der Waals surface area contributed by atoms with E-state index >= 15 is 0 Å². The average molecular weight is 445 g/mol. The third kappa shape index (κ3) is 4.17. The summed E-state index contributed by atoms with van der Waals surface area (Å²) in [7, 11) is 1.55. The number of nitrogens with one attached hydrogen (secondary N) is 2. The highest BCUT2D eigenvalue weighted by Gasteiger charge is 2.28. The monoisotopic (exact) mass is 444 g/mol. The van der Waals surface area contributed by atoms with E-state index in [4.69, 9.17) is 27.9 Å². The van der Waals surface area contributed by atoms with Crippen LogP contribution in [0.1, 0.15) is 34.8 Å². The summed E-state index contributed by atoms with van der Waals surface area (Å²) in [6.07, 6.45) is 3.43. The minimum Gasteiger partial charge on any atom is -0.495 e. The van der Waals surface area contributed by atoms with Crippen LogP contribution in [0, 0.1) is 0 Å². The molecule has 1 saturated heterocycles. The molecule has 156 valence electrons. The van der Waals surface area contributed by atoms with Crippen LogP contribution in [0.3, 0.4) is 0 Å². The molecule has 8 heteroatoms. The lowest BCUT2D eigenvalue weighted by Crippen LogP contribution is -2.29. The van der Waals surface area contributed by atoms with Crippen LogP contribution >= 0.6 is 23.2 Å². The molecule has 3 aromatic rings. The predicted molar refractivity (Wildman–Crippen MR) is 119 cm³/mol. The average Bonchev–Trinajstić information content (AvgIpc) is 3.20. The first-order valence-electron chi connectivity index (χ1n) is 9.77. The molecule has 1 aliphatic heterocycles. The Hall–Kier alpha value is -2.54. The molecule has 0 spiro atoms. The van der Waals surface area contributed by atoms with Crippen molar-refractivity contribution in [3.8, 4) is 11.4 Å². The van der Waals surface area contributed by atoms with Crippen molar-refractivity contribution < 1.29 is 9.53 Å². The highest BCUT2D eigenvalue weighted by Crippen LogP contribution is 2.33. The van der Waals surface area contributed by atoms with Crippen molar-refractivity contribution in [2.75, 3.05) is 25.5 Å². The van der Waals surface area contributed by atoms with Crippen molar-refractivity contribution in [2.24, 2.45) is 0 Å². The summed E-state index contributed by atoms with van der Waals surface area (Å²) in [5, 5.41) is 11.9. The molecule has 0 aliphatic carbocycles. The van der Waals surface area contributed by atoms with Gasteiger partial charge < -0.3 is 15.4 Å². The number of benzene rings is 2. The van der Waals surface area contributed by atoms with Crippen molar-refractivity contribution in [2.45, 2.75) is 18.8 Å². The Morgan fingerprint density at radius 1 is 1.20 bits per heavy atom. The SMILES string of the molecule is COc1ccc(Cl)cc1NC(=O)c1cnn(-c2ccccc2Cl)c1C1CCNCC1. The summed E-state index contributed by atoms with van der Waals surface area (Å²) in [6, 6.07) is 12.6. The van der Waals surface area contributed by atoms with Gasteiger partial charge in [-0.1, -0.05) is 35.3 Å². The van der Waals surface area contributed by atoms with Gasteiger partial charge in [-0.05, 0) is 56.3 Å². The zero-order chi connectivity index (χ0) is 21.1. The van der Waals surface area contributed by atoms with E-state index in [-0.39, 0.29) is 11.8 Å². The number of para-hydroxylation sites is 1. The topological polar surface area (TPSA) is 68.2 Å². The Balaban J connectivity index is 1.75. The molecule has 0 unspecified atom stereocenters. The standard InChI is InChI=1S/C22H22Cl2N4O2/c1-30-20-7-6-15(23)12-18(20)27-22(29)16-13-26-28(19-5-3-2-4-17(19)24)21(16)14-8-10-25-11-9-14/h2-7,12-14,25H,8-11H2,1H3,(H,27,29). The molecular formula is C22H22Cl2N4O2. The van der Waals surface area contributed by atoms with Gasteiger partial charge in [-0.2, -0.15) is 5.10 Å². The van der Waals surface area contributed by atoms with E-state index in [1.54, 1.807) is 36.2 Å². The summed E-state index contributed by atoms with van der Waals surface area (Å²) in [5.74, 6) is 0.462. The molecule has 4 rings (SSSR count).